The van der Waals surface area contributed by atoms with Gasteiger partial charge in [0, 0.05) is 30.9 Å². The largest absolute Gasteiger partial charge is 0.473 e. The minimum Gasteiger partial charge on any atom is -0.473 e. The highest BCUT2D eigenvalue weighted by atomic mass is 35.5. The van der Waals surface area contributed by atoms with E-state index in [0.29, 0.717) is 33.4 Å². The lowest BCUT2D eigenvalue weighted by Gasteiger charge is -2.28. The molecule has 252 valence electrons. The minimum absolute atomic E-state index is 0.133. The third-order valence-corrected chi connectivity index (χ3v) is 8.09. The Hall–Kier alpha value is -3.45. The number of nitrogens with zero attached hydrogens (tertiary/aromatic N) is 8. The van der Waals surface area contributed by atoms with E-state index in [-0.39, 0.29) is 24.4 Å². The van der Waals surface area contributed by atoms with Gasteiger partial charge in [0.05, 0.1) is 6.10 Å². The van der Waals surface area contributed by atoms with Crippen LogP contribution in [0.1, 0.15) is 76.3 Å². The van der Waals surface area contributed by atoms with Crippen LogP contribution in [0.3, 0.4) is 0 Å². The molecule has 2 aliphatic rings. The smallest absolute Gasteiger partial charge is 0.316 e. The van der Waals surface area contributed by atoms with E-state index in [1.165, 1.54) is 0 Å². The summed E-state index contributed by atoms with van der Waals surface area (Å²) in [6.45, 7) is 4.15. The van der Waals surface area contributed by atoms with Gasteiger partial charge in [-0.05, 0) is 93.5 Å². The van der Waals surface area contributed by atoms with E-state index in [2.05, 4.69) is 54.2 Å². The summed E-state index contributed by atoms with van der Waals surface area (Å²) in [7, 11) is 0. The van der Waals surface area contributed by atoms with Gasteiger partial charge in [0.25, 0.3) is 0 Å². The summed E-state index contributed by atoms with van der Waals surface area (Å²) in [5.41, 5.74) is 2.23. The fourth-order valence-electron chi connectivity index (χ4n) is 4.74. The lowest BCUT2D eigenvalue weighted by molar-refractivity contribution is 0.0618. The van der Waals surface area contributed by atoms with Gasteiger partial charge in [0.2, 0.25) is 5.88 Å². The highest BCUT2D eigenvalue weighted by molar-refractivity contribution is 6.31. The van der Waals surface area contributed by atoms with E-state index in [9.17, 15) is 5.11 Å². The summed E-state index contributed by atoms with van der Waals surface area (Å²) in [5.74, 6) is 0.511. The molecule has 0 atom stereocenters. The molecule has 4 aromatic heterocycles. The SMILES string of the molecule is CCc1cnc(OC2CCC(O)CC2)nc1.CCc1cnc(OC2CCC(Oc3ccc(Cl)nn3)CC2)nc1.Clc1ccc(Cl)nn1. The molecule has 0 amide bonds. The molecule has 6 rings (SSSR count). The second-order valence-corrected chi connectivity index (χ2v) is 12.2. The average Bonchev–Trinajstić information content (AvgIpc) is 3.10. The molecule has 0 unspecified atom stereocenters. The maximum atomic E-state index is 9.37. The number of hydrogen-bond donors (Lipinski definition) is 1. The van der Waals surface area contributed by atoms with Crippen LogP contribution in [0.4, 0.5) is 0 Å². The summed E-state index contributed by atoms with van der Waals surface area (Å²) in [4.78, 5) is 16.8. The maximum Gasteiger partial charge on any atom is 0.316 e. The van der Waals surface area contributed by atoms with Crippen LogP contribution in [-0.2, 0) is 12.8 Å². The molecule has 15 heteroatoms. The van der Waals surface area contributed by atoms with Crippen molar-refractivity contribution in [3.63, 3.8) is 0 Å². The Morgan fingerprint density at radius 3 is 1.28 bits per heavy atom. The second kappa shape index (κ2) is 19.4. The third-order valence-electron chi connectivity index (χ3n) is 7.48. The van der Waals surface area contributed by atoms with Crippen molar-refractivity contribution in [3.8, 4) is 17.9 Å². The second-order valence-electron chi connectivity index (χ2n) is 11.0. The predicted molar refractivity (Wildman–Crippen MR) is 178 cm³/mol. The van der Waals surface area contributed by atoms with Crippen LogP contribution >= 0.6 is 34.8 Å². The van der Waals surface area contributed by atoms with E-state index >= 15 is 0 Å². The number of halogens is 3. The number of aliphatic hydroxyl groups is 1. The first-order chi connectivity index (χ1) is 22.8. The molecule has 2 saturated carbocycles. The number of aliphatic hydroxyl groups excluding tert-OH is 1. The topological polar surface area (TPSA) is 151 Å². The summed E-state index contributed by atoms with van der Waals surface area (Å²) >= 11 is 16.5. The van der Waals surface area contributed by atoms with Gasteiger partial charge >= 0.3 is 12.0 Å². The van der Waals surface area contributed by atoms with Crippen molar-refractivity contribution in [2.75, 3.05) is 0 Å². The molecule has 47 heavy (non-hydrogen) atoms. The number of ether oxygens (including phenoxy) is 3. The quantitative estimate of drug-likeness (QED) is 0.206. The highest BCUT2D eigenvalue weighted by Crippen LogP contribution is 2.25. The van der Waals surface area contributed by atoms with Crippen molar-refractivity contribution in [3.05, 3.63) is 75.6 Å². The fourth-order valence-corrected chi connectivity index (χ4v) is 5.04. The summed E-state index contributed by atoms with van der Waals surface area (Å²) in [6.07, 6.45) is 16.4. The normalized spacial score (nSPS) is 20.5. The van der Waals surface area contributed by atoms with Crippen LogP contribution in [0.15, 0.2) is 49.1 Å². The van der Waals surface area contributed by atoms with Crippen LogP contribution in [0, 0.1) is 0 Å². The first-order valence-corrected chi connectivity index (χ1v) is 16.9. The van der Waals surface area contributed by atoms with Gasteiger partial charge in [-0.2, -0.15) is 0 Å². The van der Waals surface area contributed by atoms with Gasteiger partial charge in [-0.25, -0.2) is 19.9 Å². The van der Waals surface area contributed by atoms with Crippen LogP contribution in [0.2, 0.25) is 15.5 Å². The van der Waals surface area contributed by atoms with E-state index in [1.54, 1.807) is 36.7 Å². The van der Waals surface area contributed by atoms with Crippen molar-refractivity contribution in [2.45, 2.75) is 102 Å². The van der Waals surface area contributed by atoms with Crippen molar-refractivity contribution in [1.29, 1.82) is 0 Å². The first-order valence-electron chi connectivity index (χ1n) is 15.7. The predicted octanol–water partition coefficient (Wildman–Crippen LogP) is 6.76. The van der Waals surface area contributed by atoms with Gasteiger partial charge in [-0.15, -0.1) is 20.4 Å². The van der Waals surface area contributed by atoms with Crippen molar-refractivity contribution >= 4 is 34.8 Å². The molecular formula is C32H39Cl3N8O4. The molecule has 12 nitrogen and oxygen atoms in total. The Morgan fingerprint density at radius 1 is 0.553 bits per heavy atom. The van der Waals surface area contributed by atoms with Crippen LogP contribution in [0.25, 0.3) is 0 Å². The van der Waals surface area contributed by atoms with Gasteiger partial charge in [0.15, 0.2) is 15.5 Å². The van der Waals surface area contributed by atoms with E-state index in [4.69, 9.17) is 49.0 Å². The lowest BCUT2D eigenvalue weighted by Crippen LogP contribution is -2.30. The molecule has 0 bridgehead atoms. The minimum atomic E-state index is -0.150. The van der Waals surface area contributed by atoms with Crippen molar-refractivity contribution in [2.24, 2.45) is 0 Å². The standard InChI is InChI=1S/C16H19ClN4O2.C12H18N2O2.C4H2Cl2N2/c1-2-11-9-18-16(19-10-11)23-13-5-3-12(4-6-13)22-15-8-7-14(17)20-21-15;1-2-9-7-13-12(14-8-9)16-11-5-3-10(15)4-6-11;5-3-1-2-4(6)8-7-3/h7-10,12-13H,2-6H2,1H3;7-8,10-11,15H,2-6H2,1H3;1-2H. The fraction of sp³-hybridized carbons (Fsp3) is 0.500. The molecule has 2 fully saturated rings. The van der Waals surface area contributed by atoms with E-state index in [0.717, 1.165) is 75.3 Å². The van der Waals surface area contributed by atoms with E-state index < -0.39 is 0 Å². The molecule has 1 N–H and O–H groups in total. The first kappa shape index (κ1) is 36.4. The highest BCUT2D eigenvalue weighted by Gasteiger charge is 2.25. The lowest BCUT2D eigenvalue weighted by atomic mass is 9.95. The summed E-state index contributed by atoms with van der Waals surface area (Å²) in [6, 6.07) is 7.49. The molecule has 4 heterocycles. The maximum absolute atomic E-state index is 9.37. The van der Waals surface area contributed by atoms with E-state index in [1.807, 2.05) is 12.4 Å². The molecule has 0 aromatic carbocycles. The monoisotopic (exact) mass is 704 g/mol. The molecule has 0 aliphatic heterocycles. The molecule has 4 aromatic rings. The molecule has 0 radical (unpaired) electrons. The molecule has 0 spiro atoms. The van der Waals surface area contributed by atoms with Gasteiger partial charge < -0.3 is 19.3 Å². The Bertz CT molecular complexity index is 1420. The zero-order chi connectivity index (χ0) is 33.4. The molecular weight excluding hydrogens is 667 g/mol. The van der Waals surface area contributed by atoms with Crippen molar-refractivity contribution < 1.29 is 19.3 Å². The zero-order valence-electron chi connectivity index (χ0n) is 26.4. The number of rotatable bonds is 8. The Morgan fingerprint density at radius 2 is 0.915 bits per heavy atom. The average molecular weight is 706 g/mol. The van der Waals surface area contributed by atoms with Crippen LogP contribution in [0.5, 0.6) is 17.9 Å². The number of aromatic nitrogens is 8. The summed E-state index contributed by atoms with van der Waals surface area (Å²) < 4.78 is 17.3. The summed E-state index contributed by atoms with van der Waals surface area (Å²) in [5, 5.41) is 25.1. The molecule has 2 aliphatic carbocycles. The van der Waals surface area contributed by atoms with Crippen LogP contribution in [-0.4, -0.2) is 69.9 Å². The third kappa shape index (κ3) is 13.3. The number of aryl methyl sites for hydroxylation is 2. The molecule has 0 saturated heterocycles. The van der Waals surface area contributed by atoms with Crippen LogP contribution < -0.4 is 14.2 Å². The number of hydrogen-bond acceptors (Lipinski definition) is 12. The van der Waals surface area contributed by atoms with Crippen molar-refractivity contribution in [1.82, 2.24) is 40.3 Å². The zero-order valence-corrected chi connectivity index (χ0v) is 28.7. The van der Waals surface area contributed by atoms with Gasteiger partial charge in [-0.3, -0.25) is 0 Å². The van der Waals surface area contributed by atoms with Gasteiger partial charge in [0.1, 0.15) is 18.3 Å². The Kier molecular flexibility index (Phi) is 15.0. The Labute approximate surface area is 289 Å². The van der Waals surface area contributed by atoms with Gasteiger partial charge in [-0.1, -0.05) is 48.7 Å². The Balaban J connectivity index is 0.000000180.